The number of ether oxygens (including phenoxy) is 6. The molecule has 1 aliphatic rings. The summed E-state index contributed by atoms with van der Waals surface area (Å²) < 4.78 is 38.6. The van der Waals surface area contributed by atoms with Crippen LogP contribution < -0.4 is 10.2 Å². The number of aromatic hydroxyl groups is 1. The first-order chi connectivity index (χ1) is 20.3. The maximum atomic E-state index is 13.2. The monoisotopic (exact) mass is 618 g/mol. The van der Waals surface area contributed by atoms with Crippen molar-refractivity contribution in [2.75, 3.05) is 6.61 Å². The Morgan fingerprint density at radius 2 is 1.47 bits per heavy atom. The lowest BCUT2D eigenvalue weighted by molar-refractivity contribution is -0.288. The minimum Gasteiger partial charge on any atom is -0.507 e. The van der Waals surface area contributed by atoms with Crippen molar-refractivity contribution in [3.05, 3.63) is 57.9 Å². The van der Waals surface area contributed by atoms with Crippen LogP contribution in [-0.2, 0) is 42.9 Å². The molecule has 1 fully saturated rings. The summed E-state index contributed by atoms with van der Waals surface area (Å²) in [5.74, 6) is -3.70. The SMILES string of the molecule is CC(=O)OC[C@H]1O[C@@H](Oc2cc(O)c3c(=O)c(-c4ccc(Cl)cc4)coc3c2)[C@@H](OC(C)=O)[C@@H](OC(C)=O)[C@H]1OC(C)=O. The number of benzene rings is 2. The second-order valence-electron chi connectivity index (χ2n) is 9.49. The van der Waals surface area contributed by atoms with E-state index < -0.39 is 72.4 Å². The Bertz CT molecular complexity index is 1600. The zero-order valence-electron chi connectivity index (χ0n) is 23.4. The molecular weight excluding hydrogens is 592 g/mol. The fourth-order valence-electron chi connectivity index (χ4n) is 4.52. The van der Waals surface area contributed by atoms with E-state index in [4.69, 9.17) is 44.4 Å². The number of rotatable bonds is 8. The Hall–Kier alpha value is -4.62. The molecule has 0 aliphatic carbocycles. The molecular formula is C29H27ClO13. The van der Waals surface area contributed by atoms with Crippen LogP contribution in [0, 0.1) is 0 Å². The summed E-state index contributed by atoms with van der Waals surface area (Å²) in [6, 6.07) is 8.85. The van der Waals surface area contributed by atoms with Crippen LogP contribution in [0.15, 0.2) is 51.9 Å². The summed E-state index contributed by atoms with van der Waals surface area (Å²) >= 11 is 5.94. The third-order valence-corrected chi connectivity index (χ3v) is 6.44. The first-order valence-corrected chi connectivity index (χ1v) is 13.2. The van der Waals surface area contributed by atoms with Crippen LogP contribution in [0.5, 0.6) is 11.5 Å². The van der Waals surface area contributed by atoms with E-state index in [1.54, 1.807) is 24.3 Å². The number of phenolic OH excluding ortho intramolecular Hbond substituents is 1. The van der Waals surface area contributed by atoms with Crippen LogP contribution in [0.25, 0.3) is 22.1 Å². The molecule has 14 heteroatoms. The second kappa shape index (κ2) is 13.1. The highest BCUT2D eigenvalue weighted by atomic mass is 35.5. The normalized spacial score (nSPS) is 21.5. The van der Waals surface area contributed by atoms with Gasteiger partial charge in [0.25, 0.3) is 0 Å². The van der Waals surface area contributed by atoms with E-state index in [1.807, 2.05) is 0 Å². The van der Waals surface area contributed by atoms with Crippen LogP contribution in [-0.4, -0.2) is 66.3 Å². The van der Waals surface area contributed by atoms with Crippen molar-refractivity contribution < 1.29 is 57.1 Å². The van der Waals surface area contributed by atoms with Gasteiger partial charge < -0.3 is 37.9 Å². The number of hydrogen-bond acceptors (Lipinski definition) is 13. The molecule has 228 valence electrons. The van der Waals surface area contributed by atoms with Gasteiger partial charge in [0.2, 0.25) is 17.8 Å². The highest BCUT2D eigenvalue weighted by molar-refractivity contribution is 6.30. The van der Waals surface area contributed by atoms with Crippen LogP contribution in [0.3, 0.4) is 0 Å². The van der Waals surface area contributed by atoms with Gasteiger partial charge in [-0.25, -0.2) is 0 Å². The van der Waals surface area contributed by atoms with Gasteiger partial charge >= 0.3 is 23.9 Å². The van der Waals surface area contributed by atoms with Gasteiger partial charge in [0.1, 0.15) is 41.4 Å². The fourth-order valence-corrected chi connectivity index (χ4v) is 4.65. The van der Waals surface area contributed by atoms with E-state index in [2.05, 4.69) is 0 Å². The van der Waals surface area contributed by atoms with Gasteiger partial charge in [-0.3, -0.25) is 24.0 Å². The van der Waals surface area contributed by atoms with E-state index in [9.17, 15) is 29.1 Å². The van der Waals surface area contributed by atoms with E-state index in [0.29, 0.717) is 10.6 Å². The molecule has 2 aromatic carbocycles. The summed E-state index contributed by atoms with van der Waals surface area (Å²) in [5, 5.41) is 11.2. The summed E-state index contributed by atoms with van der Waals surface area (Å²) in [7, 11) is 0. The minimum atomic E-state index is -1.56. The first kappa shape index (κ1) is 31.3. The van der Waals surface area contributed by atoms with Gasteiger partial charge in [-0.15, -0.1) is 0 Å². The molecule has 5 atom stereocenters. The highest BCUT2D eigenvalue weighted by Gasteiger charge is 2.53. The molecule has 0 radical (unpaired) electrons. The number of carbonyl (C=O) groups excluding carboxylic acids is 4. The maximum Gasteiger partial charge on any atom is 0.303 e. The predicted octanol–water partition coefficient (Wildman–Crippen LogP) is 3.28. The number of fused-ring (bicyclic) bond motifs is 1. The van der Waals surface area contributed by atoms with Crippen molar-refractivity contribution in [1.29, 1.82) is 0 Å². The second-order valence-corrected chi connectivity index (χ2v) is 9.92. The molecule has 0 bridgehead atoms. The first-order valence-electron chi connectivity index (χ1n) is 12.9. The quantitative estimate of drug-likeness (QED) is 0.288. The molecule has 0 spiro atoms. The zero-order chi connectivity index (χ0) is 31.4. The molecule has 3 aromatic rings. The topological polar surface area (TPSA) is 174 Å². The molecule has 0 saturated carbocycles. The average molecular weight is 619 g/mol. The molecule has 0 unspecified atom stereocenters. The van der Waals surface area contributed by atoms with Crippen LogP contribution in [0.2, 0.25) is 5.02 Å². The van der Waals surface area contributed by atoms with Crippen molar-refractivity contribution >= 4 is 46.4 Å². The number of hydrogen-bond donors (Lipinski definition) is 1. The van der Waals surface area contributed by atoms with E-state index in [-0.39, 0.29) is 22.3 Å². The number of esters is 4. The maximum absolute atomic E-state index is 13.2. The van der Waals surface area contributed by atoms with Crippen LogP contribution >= 0.6 is 11.6 Å². The van der Waals surface area contributed by atoms with E-state index in [0.717, 1.165) is 33.8 Å². The Morgan fingerprint density at radius 1 is 0.860 bits per heavy atom. The van der Waals surface area contributed by atoms with Gasteiger partial charge in [0.05, 0.1) is 5.56 Å². The average Bonchev–Trinajstić information content (AvgIpc) is 2.91. The van der Waals surface area contributed by atoms with Crippen molar-refractivity contribution in [3.63, 3.8) is 0 Å². The Morgan fingerprint density at radius 3 is 2.07 bits per heavy atom. The summed E-state index contributed by atoms with van der Waals surface area (Å²) in [5.41, 5.74) is 0.105. The van der Waals surface area contributed by atoms with Gasteiger partial charge in [-0.1, -0.05) is 23.7 Å². The largest absolute Gasteiger partial charge is 0.507 e. The molecule has 4 rings (SSSR count). The molecule has 2 heterocycles. The molecule has 43 heavy (non-hydrogen) atoms. The molecule has 1 aliphatic heterocycles. The van der Waals surface area contributed by atoms with Crippen LogP contribution in [0.1, 0.15) is 27.7 Å². The van der Waals surface area contributed by atoms with E-state index >= 15 is 0 Å². The van der Waals surface area contributed by atoms with Crippen molar-refractivity contribution in [1.82, 2.24) is 0 Å². The number of halogens is 1. The zero-order valence-corrected chi connectivity index (χ0v) is 24.1. The predicted molar refractivity (Wildman–Crippen MR) is 147 cm³/mol. The van der Waals surface area contributed by atoms with Crippen molar-refractivity contribution in [2.45, 2.75) is 58.4 Å². The lowest BCUT2D eigenvalue weighted by Crippen LogP contribution is -2.63. The fraction of sp³-hybridized carbons (Fsp3) is 0.345. The number of phenols is 1. The van der Waals surface area contributed by atoms with Gasteiger partial charge in [-0.2, -0.15) is 0 Å². The smallest absolute Gasteiger partial charge is 0.303 e. The minimum absolute atomic E-state index is 0.0525. The van der Waals surface area contributed by atoms with Crippen molar-refractivity contribution in [3.8, 4) is 22.6 Å². The standard InChI is InChI=1S/C29H27ClO13/c1-13(31)37-12-23-26(39-14(2)32)27(40-15(3)33)28(41-16(4)34)29(43-23)42-19-9-21(35)24-22(10-19)38-11-20(25(24)36)17-5-7-18(30)8-6-17/h5-11,23,26-29,35H,12H2,1-4H3/t23-,26+,27+,28+,29-/m1/s1. The molecule has 0 amide bonds. The molecule has 1 aromatic heterocycles. The third kappa shape index (κ3) is 7.43. The van der Waals surface area contributed by atoms with Gasteiger partial charge in [0, 0.05) is 44.9 Å². The van der Waals surface area contributed by atoms with Crippen LogP contribution in [0.4, 0.5) is 0 Å². The lowest BCUT2D eigenvalue weighted by Gasteiger charge is -2.43. The summed E-state index contributed by atoms with van der Waals surface area (Å²) in [4.78, 5) is 60.8. The highest BCUT2D eigenvalue weighted by Crippen LogP contribution is 2.35. The molecule has 1 N–H and O–H groups in total. The van der Waals surface area contributed by atoms with Crippen molar-refractivity contribution in [2.24, 2.45) is 0 Å². The van der Waals surface area contributed by atoms with E-state index in [1.165, 1.54) is 12.3 Å². The number of carbonyl (C=O) groups is 4. The van der Waals surface area contributed by atoms with Gasteiger partial charge in [-0.05, 0) is 17.7 Å². The Labute approximate surface area is 249 Å². The Balaban J connectivity index is 1.74. The van der Waals surface area contributed by atoms with Gasteiger partial charge in [0.15, 0.2) is 12.2 Å². The molecule has 13 nitrogen and oxygen atoms in total. The lowest BCUT2D eigenvalue weighted by atomic mass is 9.98. The third-order valence-electron chi connectivity index (χ3n) is 6.19. The summed E-state index contributed by atoms with van der Waals surface area (Å²) in [6.45, 7) is 3.96. The Kier molecular flexibility index (Phi) is 9.56. The molecule has 1 saturated heterocycles. The summed E-state index contributed by atoms with van der Waals surface area (Å²) in [6.07, 6.45) is -5.93.